The van der Waals surface area contributed by atoms with E-state index in [1.807, 2.05) is 0 Å². The number of hydrogen-bond acceptors (Lipinski definition) is 14. The molecule has 52 heavy (non-hydrogen) atoms. The molecule has 0 aromatic heterocycles. The quantitative estimate of drug-likeness (QED) is 0.0371. The molecule has 1 aliphatic heterocycles. The van der Waals surface area contributed by atoms with E-state index in [4.69, 9.17) is 52.0 Å². The molecule has 0 atom stereocenters. The second kappa shape index (κ2) is 29.8. The molecule has 284 valence electrons. The van der Waals surface area contributed by atoms with Gasteiger partial charge in [0, 0.05) is 60.9 Å². The Morgan fingerprint density at radius 2 is 1.04 bits per heavy atom. The molecular formula is C33H48N10O9. The van der Waals surface area contributed by atoms with Crippen LogP contribution in [0.4, 0.5) is 0 Å². The topological polar surface area (TPSA) is 293 Å². The first-order chi connectivity index (χ1) is 25.3. The molecule has 6 N–H and O–H groups in total. The maximum Gasteiger partial charge on any atom is 0.363 e. The SMILES string of the molecule is NCCOCCOCCN.[N-]=[N+]=NCc1ccc(C(=O)CCCOCCOCCN)cc1.[N-]=[N+]=NCc1ccc(C(=O)ON2C(=O)CCC2=O)cc1. The predicted octanol–water partition coefficient (Wildman–Crippen LogP) is 3.11. The molecule has 2 aromatic carbocycles. The van der Waals surface area contributed by atoms with Crippen molar-refractivity contribution in [2.75, 3.05) is 72.5 Å². The zero-order valence-electron chi connectivity index (χ0n) is 29.2. The van der Waals surface area contributed by atoms with Crippen LogP contribution in [0, 0.1) is 0 Å². The maximum atomic E-state index is 12.0. The first kappa shape index (κ1) is 45.1. The van der Waals surface area contributed by atoms with Gasteiger partial charge in [-0.3, -0.25) is 14.4 Å². The number of hydroxylamine groups is 2. The van der Waals surface area contributed by atoms with Crippen molar-refractivity contribution in [1.29, 1.82) is 0 Å². The van der Waals surface area contributed by atoms with Crippen molar-refractivity contribution in [2.45, 2.75) is 38.8 Å². The number of imide groups is 1. The smallest absolute Gasteiger partial charge is 0.363 e. The fourth-order valence-electron chi connectivity index (χ4n) is 3.94. The number of carbonyl (C=O) groups is 4. The number of hydrogen-bond donors (Lipinski definition) is 3. The van der Waals surface area contributed by atoms with Gasteiger partial charge in [0.1, 0.15) is 0 Å². The second-order valence-corrected chi connectivity index (χ2v) is 10.5. The number of ether oxygens (including phenoxy) is 4. The predicted molar refractivity (Wildman–Crippen MR) is 189 cm³/mol. The lowest BCUT2D eigenvalue weighted by molar-refractivity contribution is -0.172. The highest BCUT2D eigenvalue weighted by Crippen LogP contribution is 2.15. The van der Waals surface area contributed by atoms with Gasteiger partial charge in [0.2, 0.25) is 0 Å². The average molecular weight is 729 g/mol. The van der Waals surface area contributed by atoms with Gasteiger partial charge >= 0.3 is 5.97 Å². The summed E-state index contributed by atoms with van der Waals surface area (Å²) < 4.78 is 20.6. The van der Waals surface area contributed by atoms with Crippen LogP contribution in [0.2, 0.25) is 0 Å². The summed E-state index contributed by atoms with van der Waals surface area (Å²) >= 11 is 0. The Morgan fingerprint density at radius 3 is 1.44 bits per heavy atom. The van der Waals surface area contributed by atoms with E-state index in [1.54, 1.807) is 36.4 Å². The lowest BCUT2D eigenvalue weighted by atomic mass is 10.0. The molecule has 0 bridgehead atoms. The van der Waals surface area contributed by atoms with Gasteiger partial charge in [-0.05, 0) is 40.7 Å². The molecule has 1 saturated heterocycles. The Morgan fingerprint density at radius 1 is 0.635 bits per heavy atom. The zero-order chi connectivity index (χ0) is 38.2. The Hall–Kier alpha value is -4.94. The van der Waals surface area contributed by atoms with Gasteiger partial charge < -0.3 is 41.0 Å². The van der Waals surface area contributed by atoms with Gasteiger partial charge in [-0.25, -0.2) is 4.79 Å². The summed E-state index contributed by atoms with van der Waals surface area (Å²) in [5.41, 5.74) is 34.6. The molecule has 19 heteroatoms. The van der Waals surface area contributed by atoms with E-state index in [1.165, 1.54) is 12.1 Å². The Kier molecular flexibility index (Phi) is 25.8. The summed E-state index contributed by atoms with van der Waals surface area (Å²) in [6, 6.07) is 13.2. The molecule has 0 aliphatic carbocycles. The van der Waals surface area contributed by atoms with Crippen LogP contribution in [0.1, 0.15) is 57.5 Å². The van der Waals surface area contributed by atoms with Gasteiger partial charge in [0.15, 0.2) is 5.78 Å². The molecule has 0 radical (unpaired) electrons. The van der Waals surface area contributed by atoms with E-state index < -0.39 is 17.8 Å². The van der Waals surface area contributed by atoms with Gasteiger partial charge in [-0.15, -0.1) is 5.06 Å². The molecule has 1 aliphatic rings. The molecule has 0 unspecified atom stereocenters. The third kappa shape index (κ3) is 20.7. The van der Waals surface area contributed by atoms with Gasteiger partial charge in [0.05, 0.1) is 64.9 Å². The summed E-state index contributed by atoms with van der Waals surface area (Å²) in [6.07, 6.45) is 1.23. The number of nitrogens with two attached hydrogens (primary N) is 3. The lowest BCUT2D eigenvalue weighted by Crippen LogP contribution is -2.32. The fraction of sp³-hybridized carbons (Fsp3) is 0.515. The van der Waals surface area contributed by atoms with Crippen LogP contribution in [0.5, 0.6) is 0 Å². The number of azide groups is 2. The molecular weight excluding hydrogens is 680 g/mol. The molecule has 3 rings (SSSR count). The van der Waals surface area contributed by atoms with Crippen LogP contribution in [-0.4, -0.2) is 101 Å². The van der Waals surface area contributed by atoms with Crippen LogP contribution in [0.15, 0.2) is 58.8 Å². The number of carbonyl (C=O) groups excluding carboxylic acids is 4. The van der Waals surface area contributed by atoms with E-state index in [2.05, 4.69) is 20.1 Å². The first-order valence-corrected chi connectivity index (χ1v) is 16.5. The molecule has 0 spiro atoms. The van der Waals surface area contributed by atoms with Crippen LogP contribution < -0.4 is 17.2 Å². The van der Waals surface area contributed by atoms with Crippen molar-refractivity contribution in [3.8, 4) is 0 Å². The van der Waals surface area contributed by atoms with Crippen LogP contribution in [0.3, 0.4) is 0 Å². The monoisotopic (exact) mass is 728 g/mol. The number of benzene rings is 2. The van der Waals surface area contributed by atoms with Gasteiger partial charge in [-0.2, -0.15) is 0 Å². The molecule has 1 fully saturated rings. The zero-order valence-corrected chi connectivity index (χ0v) is 29.2. The van der Waals surface area contributed by atoms with E-state index in [0.717, 1.165) is 11.1 Å². The van der Waals surface area contributed by atoms with Crippen LogP contribution in [-0.2, 0) is 46.5 Å². The van der Waals surface area contributed by atoms with Crippen molar-refractivity contribution in [3.05, 3.63) is 91.7 Å². The number of ketones is 1. The first-order valence-electron chi connectivity index (χ1n) is 16.5. The van der Waals surface area contributed by atoms with Crippen molar-refractivity contribution in [2.24, 2.45) is 27.4 Å². The maximum absolute atomic E-state index is 12.0. The standard InChI is InChI=1S/C15H22N4O3.C12H10N4O4.C6H16N2O2/c16-7-9-22-11-10-21-8-1-2-15(20)14-5-3-13(4-6-14)12-18-19-17;13-15-14-7-8-1-3-9(4-2-8)12(19)20-16-10(17)5-6-11(16)18;7-1-3-9-5-6-10-4-2-8/h3-6H,1-2,7-12,16H2;1-4H,5-7H2;1-8H2. The minimum atomic E-state index is -0.788. The van der Waals surface area contributed by atoms with Crippen LogP contribution in [0.25, 0.3) is 20.9 Å². The van der Waals surface area contributed by atoms with Crippen molar-refractivity contribution >= 4 is 23.6 Å². The van der Waals surface area contributed by atoms with E-state index in [9.17, 15) is 19.2 Å². The number of Topliss-reactive ketones (excluding diaryl/α,β-unsaturated/α-hetero) is 1. The highest BCUT2D eigenvalue weighted by molar-refractivity contribution is 6.02. The summed E-state index contributed by atoms with van der Waals surface area (Å²) in [5, 5.41) is 7.36. The molecule has 0 saturated carbocycles. The average Bonchev–Trinajstić information content (AvgIpc) is 3.48. The summed E-state index contributed by atoms with van der Waals surface area (Å²) in [5.74, 6) is -1.76. The number of rotatable bonds is 23. The Bertz CT molecular complexity index is 1410. The van der Waals surface area contributed by atoms with Gasteiger partial charge in [0.25, 0.3) is 11.8 Å². The second-order valence-electron chi connectivity index (χ2n) is 10.5. The largest absolute Gasteiger partial charge is 0.379 e. The van der Waals surface area contributed by atoms with E-state index in [-0.39, 0.29) is 30.7 Å². The number of nitrogens with zero attached hydrogens (tertiary/aromatic N) is 7. The summed E-state index contributed by atoms with van der Waals surface area (Å²) in [4.78, 5) is 56.4. The van der Waals surface area contributed by atoms with Gasteiger partial charge in [-0.1, -0.05) is 46.6 Å². The highest BCUT2D eigenvalue weighted by Gasteiger charge is 2.33. The minimum absolute atomic E-state index is 0.0528. The van der Waals surface area contributed by atoms with E-state index >= 15 is 0 Å². The minimum Gasteiger partial charge on any atom is -0.379 e. The Labute approximate surface area is 301 Å². The molecule has 2 amide bonds. The third-order valence-electron chi connectivity index (χ3n) is 6.50. The summed E-state index contributed by atoms with van der Waals surface area (Å²) in [6.45, 7) is 6.65. The summed E-state index contributed by atoms with van der Waals surface area (Å²) in [7, 11) is 0. The normalized spacial score (nSPS) is 11.7. The van der Waals surface area contributed by atoms with Crippen molar-refractivity contribution < 1.29 is 43.0 Å². The highest BCUT2D eigenvalue weighted by atomic mass is 16.7. The lowest BCUT2D eigenvalue weighted by Gasteiger charge is -2.12. The van der Waals surface area contributed by atoms with Crippen molar-refractivity contribution in [1.82, 2.24) is 5.06 Å². The van der Waals surface area contributed by atoms with E-state index in [0.29, 0.717) is 103 Å². The number of amides is 2. The van der Waals surface area contributed by atoms with Crippen molar-refractivity contribution in [3.63, 3.8) is 0 Å². The molecule has 2 aromatic rings. The molecule has 1 heterocycles. The van der Waals surface area contributed by atoms with Crippen LogP contribution >= 0.6 is 0 Å². The molecule has 19 nitrogen and oxygen atoms in total. The third-order valence-corrected chi connectivity index (χ3v) is 6.50. The Balaban J connectivity index is 0.000000417. The fourth-order valence-corrected chi connectivity index (χ4v) is 3.94.